The zero-order valence-electron chi connectivity index (χ0n) is 10.4. The first-order valence-electron chi connectivity index (χ1n) is 5.79. The summed E-state index contributed by atoms with van der Waals surface area (Å²) in [6, 6.07) is 0. The summed E-state index contributed by atoms with van der Waals surface area (Å²) < 4.78 is 0. The maximum absolute atomic E-state index is 9.94. The van der Waals surface area contributed by atoms with Crippen LogP contribution in [0.2, 0.25) is 0 Å². The predicted octanol–water partition coefficient (Wildman–Crippen LogP) is 2.42. The SMILES string of the molecule is CC(C)CCCNCC(C)(O)C(C)C. The fourth-order valence-corrected chi connectivity index (χ4v) is 1.18. The minimum atomic E-state index is -0.572. The lowest BCUT2D eigenvalue weighted by atomic mass is 9.92. The molecule has 14 heavy (non-hydrogen) atoms. The van der Waals surface area contributed by atoms with E-state index in [0.29, 0.717) is 12.5 Å². The summed E-state index contributed by atoms with van der Waals surface area (Å²) in [6.07, 6.45) is 2.46. The van der Waals surface area contributed by atoms with E-state index in [1.54, 1.807) is 0 Å². The molecule has 0 aromatic heterocycles. The van der Waals surface area contributed by atoms with Crippen molar-refractivity contribution in [1.82, 2.24) is 5.32 Å². The van der Waals surface area contributed by atoms with E-state index in [1.807, 2.05) is 6.92 Å². The lowest BCUT2D eigenvalue weighted by molar-refractivity contribution is 0.0143. The van der Waals surface area contributed by atoms with Crippen LogP contribution in [0, 0.1) is 11.8 Å². The number of rotatable bonds is 7. The number of aliphatic hydroxyl groups is 1. The van der Waals surface area contributed by atoms with E-state index in [0.717, 1.165) is 12.5 Å². The Morgan fingerprint density at radius 3 is 2.21 bits per heavy atom. The second-order valence-electron chi connectivity index (χ2n) is 5.22. The Balaban J connectivity index is 3.45. The second kappa shape index (κ2) is 6.41. The van der Waals surface area contributed by atoms with Crippen LogP contribution in [0.3, 0.4) is 0 Å². The molecule has 0 aliphatic carbocycles. The van der Waals surface area contributed by atoms with Crippen molar-refractivity contribution < 1.29 is 5.11 Å². The Labute approximate surface area is 89.1 Å². The molecule has 0 aliphatic rings. The van der Waals surface area contributed by atoms with Crippen LogP contribution in [0.1, 0.15) is 47.5 Å². The van der Waals surface area contributed by atoms with Crippen LogP contribution in [0.15, 0.2) is 0 Å². The third kappa shape index (κ3) is 6.39. The molecule has 0 aliphatic heterocycles. The Hall–Kier alpha value is -0.0800. The number of hydrogen-bond acceptors (Lipinski definition) is 2. The van der Waals surface area contributed by atoms with Crippen LogP contribution in [-0.2, 0) is 0 Å². The van der Waals surface area contributed by atoms with Crippen LogP contribution in [0.5, 0.6) is 0 Å². The summed E-state index contributed by atoms with van der Waals surface area (Å²) in [7, 11) is 0. The lowest BCUT2D eigenvalue weighted by Gasteiger charge is -2.28. The van der Waals surface area contributed by atoms with Gasteiger partial charge in [0.25, 0.3) is 0 Å². The highest BCUT2D eigenvalue weighted by Crippen LogP contribution is 2.14. The van der Waals surface area contributed by atoms with Gasteiger partial charge in [0.05, 0.1) is 5.60 Å². The van der Waals surface area contributed by atoms with Gasteiger partial charge >= 0.3 is 0 Å². The molecule has 86 valence electrons. The molecule has 0 fully saturated rings. The molecule has 2 N–H and O–H groups in total. The summed E-state index contributed by atoms with van der Waals surface area (Å²) in [6.45, 7) is 12.2. The topological polar surface area (TPSA) is 32.3 Å². The number of hydrogen-bond donors (Lipinski definition) is 2. The van der Waals surface area contributed by atoms with Crippen molar-refractivity contribution in [2.45, 2.75) is 53.1 Å². The fourth-order valence-electron chi connectivity index (χ4n) is 1.18. The van der Waals surface area contributed by atoms with Gasteiger partial charge in [-0.2, -0.15) is 0 Å². The van der Waals surface area contributed by atoms with Crippen LogP contribution in [-0.4, -0.2) is 23.8 Å². The standard InChI is InChI=1S/C12H27NO/c1-10(2)7-6-8-13-9-12(5,14)11(3)4/h10-11,13-14H,6-9H2,1-5H3. The van der Waals surface area contributed by atoms with E-state index in [2.05, 4.69) is 33.0 Å². The molecular weight excluding hydrogens is 174 g/mol. The van der Waals surface area contributed by atoms with Gasteiger partial charge in [0.15, 0.2) is 0 Å². The minimum absolute atomic E-state index is 0.306. The maximum atomic E-state index is 9.94. The van der Waals surface area contributed by atoms with E-state index < -0.39 is 5.60 Å². The van der Waals surface area contributed by atoms with Gasteiger partial charge in [0, 0.05) is 6.54 Å². The van der Waals surface area contributed by atoms with E-state index in [1.165, 1.54) is 12.8 Å². The molecule has 0 rings (SSSR count). The van der Waals surface area contributed by atoms with Crippen molar-refractivity contribution >= 4 is 0 Å². The Morgan fingerprint density at radius 2 is 1.79 bits per heavy atom. The highest BCUT2D eigenvalue weighted by Gasteiger charge is 2.23. The van der Waals surface area contributed by atoms with Gasteiger partial charge in [-0.05, 0) is 38.1 Å². The summed E-state index contributed by atoms with van der Waals surface area (Å²) in [5.41, 5.74) is -0.572. The zero-order valence-corrected chi connectivity index (χ0v) is 10.4. The van der Waals surface area contributed by atoms with Gasteiger partial charge in [-0.25, -0.2) is 0 Å². The normalized spacial score (nSPS) is 16.3. The molecule has 2 heteroatoms. The molecule has 0 heterocycles. The monoisotopic (exact) mass is 201 g/mol. The molecule has 0 saturated carbocycles. The summed E-state index contributed by atoms with van der Waals surface area (Å²) >= 11 is 0. The third-order valence-electron chi connectivity index (χ3n) is 2.86. The average Bonchev–Trinajstić information content (AvgIpc) is 2.02. The number of nitrogens with one attached hydrogen (secondary N) is 1. The molecule has 0 bridgehead atoms. The van der Waals surface area contributed by atoms with Gasteiger partial charge in [-0.3, -0.25) is 0 Å². The highest BCUT2D eigenvalue weighted by atomic mass is 16.3. The highest BCUT2D eigenvalue weighted by molar-refractivity contribution is 4.78. The molecule has 2 nitrogen and oxygen atoms in total. The van der Waals surface area contributed by atoms with Crippen LogP contribution in [0.25, 0.3) is 0 Å². The zero-order chi connectivity index (χ0) is 11.2. The molecule has 0 saturated heterocycles. The van der Waals surface area contributed by atoms with Gasteiger partial charge in [-0.15, -0.1) is 0 Å². The van der Waals surface area contributed by atoms with E-state index in [9.17, 15) is 5.11 Å². The first-order chi connectivity index (χ1) is 6.36. The minimum Gasteiger partial charge on any atom is -0.389 e. The molecule has 0 aromatic rings. The van der Waals surface area contributed by atoms with E-state index in [-0.39, 0.29) is 0 Å². The molecule has 0 radical (unpaired) electrons. The largest absolute Gasteiger partial charge is 0.389 e. The van der Waals surface area contributed by atoms with Crippen molar-refractivity contribution in [2.24, 2.45) is 11.8 Å². The predicted molar refractivity (Wildman–Crippen MR) is 62.4 cm³/mol. The average molecular weight is 201 g/mol. The molecule has 1 atom stereocenters. The third-order valence-corrected chi connectivity index (χ3v) is 2.86. The van der Waals surface area contributed by atoms with E-state index in [4.69, 9.17) is 0 Å². The second-order valence-corrected chi connectivity index (χ2v) is 5.22. The van der Waals surface area contributed by atoms with Crippen molar-refractivity contribution in [3.05, 3.63) is 0 Å². The summed E-state index contributed by atoms with van der Waals surface area (Å²) in [4.78, 5) is 0. The van der Waals surface area contributed by atoms with Gasteiger partial charge < -0.3 is 10.4 Å². The van der Waals surface area contributed by atoms with Crippen molar-refractivity contribution in [3.8, 4) is 0 Å². The molecule has 0 amide bonds. The van der Waals surface area contributed by atoms with Crippen LogP contribution in [0.4, 0.5) is 0 Å². The Morgan fingerprint density at radius 1 is 1.21 bits per heavy atom. The Kier molecular flexibility index (Phi) is 6.38. The lowest BCUT2D eigenvalue weighted by Crippen LogP contribution is -2.42. The van der Waals surface area contributed by atoms with Gasteiger partial charge in [-0.1, -0.05) is 27.7 Å². The van der Waals surface area contributed by atoms with Gasteiger partial charge in [0.2, 0.25) is 0 Å². The first kappa shape index (κ1) is 13.9. The quantitative estimate of drug-likeness (QED) is 0.620. The molecule has 0 aromatic carbocycles. The summed E-state index contributed by atoms with van der Waals surface area (Å²) in [5.74, 6) is 1.09. The maximum Gasteiger partial charge on any atom is 0.0766 e. The first-order valence-corrected chi connectivity index (χ1v) is 5.79. The summed E-state index contributed by atoms with van der Waals surface area (Å²) in [5, 5.41) is 13.3. The molecule has 1 unspecified atom stereocenters. The van der Waals surface area contributed by atoms with Crippen molar-refractivity contribution in [3.63, 3.8) is 0 Å². The Bertz CT molecular complexity index is 141. The fraction of sp³-hybridized carbons (Fsp3) is 1.00. The van der Waals surface area contributed by atoms with Crippen LogP contribution < -0.4 is 5.32 Å². The van der Waals surface area contributed by atoms with Crippen molar-refractivity contribution in [2.75, 3.05) is 13.1 Å². The van der Waals surface area contributed by atoms with Gasteiger partial charge in [0.1, 0.15) is 0 Å². The van der Waals surface area contributed by atoms with Crippen LogP contribution >= 0.6 is 0 Å². The molecule has 0 spiro atoms. The van der Waals surface area contributed by atoms with Crippen molar-refractivity contribution in [1.29, 1.82) is 0 Å². The smallest absolute Gasteiger partial charge is 0.0766 e. The molecular formula is C12H27NO. The van der Waals surface area contributed by atoms with E-state index >= 15 is 0 Å².